The van der Waals surface area contributed by atoms with Crippen molar-refractivity contribution in [3.8, 4) is 0 Å². The van der Waals surface area contributed by atoms with Gasteiger partial charge in [-0.15, -0.1) is 11.8 Å². The second-order valence-electron chi connectivity index (χ2n) is 4.19. The first-order valence-electron chi connectivity index (χ1n) is 4.98. The predicted molar refractivity (Wildman–Crippen MR) is 66.2 cm³/mol. The van der Waals surface area contributed by atoms with E-state index in [4.69, 9.17) is 5.73 Å². The molecule has 0 fully saturated rings. The van der Waals surface area contributed by atoms with Gasteiger partial charge in [0.25, 0.3) is 0 Å². The number of hydrogen-bond donors (Lipinski definition) is 2. The van der Waals surface area contributed by atoms with Gasteiger partial charge in [-0.25, -0.2) is 4.98 Å². The van der Waals surface area contributed by atoms with Crippen molar-refractivity contribution < 1.29 is 0 Å². The molecule has 1 heterocycles. The lowest BCUT2D eigenvalue weighted by atomic mass is 10.3. The predicted octanol–water partition coefficient (Wildman–Crippen LogP) is 2.38. The molecule has 84 valence electrons. The van der Waals surface area contributed by atoms with Crippen LogP contribution in [-0.4, -0.2) is 21.3 Å². The van der Waals surface area contributed by atoms with E-state index in [2.05, 4.69) is 36.1 Å². The lowest BCUT2D eigenvalue weighted by Gasteiger charge is -2.17. The largest absolute Gasteiger partial charge is 0.370 e. The molecule has 5 heteroatoms. The molecule has 0 radical (unpaired) electrons. The Labute approximate surface area is 95.1 Å². The van der Waals surface area contributed by atoms with E-state index in [0.717, 1.165) is 17.4 Å². The molecule has 1 aromatic heterocycles. The summed E-state index contributed by atoms with van der Waals surface area (Å²) in [7, 11) is 0. The van der Waals surface area contributed by atoms with E-state index in [9.17, 15) is 0 Å². The summed E-state index contributed by atoms with van der Waals surface area (Å²) in [6.45, 7) is 9.28. The number of rotatable bonds is 3. The van der Waals surface area contributed by atoms with Crippen LogP contribution in [0.4, 0.5) is 11.8 Å². The summed E-state index contributed by atoms with van der Waals surface area (Å²) in [5.41, 5.74) is 5.63. The lowest BCUT2D eigenvalue weighted by molar-refractivity contribution is 0.799. The molecule has 0 aliphatic carbocycles. The van der Waals surface area contributed by atoms with Crippen LogP contribution in [0.2, 0.25) is 0 Å². The fourth-order valence-corrected chi connectivity index (χ4v) is 2.02. The molecule has 0 amide bonds. The van der Waals surface area contributed by atoms with Crippen LogP contribution >= 0.6 is 11.8 Å². The Kier molecular flexibility index (Phi) is 3.79. The molecule has 3 N–H and O–H groups in total. The molecule has 0 aromatic carbocycles. The maximum Gasteiger partial charge on any atom is 0.223 e. The minimum atomic E-state index is 0.129. The van der Waals surface area contributed by atoms with E-state index in [1.54, 1.807) is 11.8 Å². The SMILES string of the molecule is CCNc1cc(SC(C)(C)C)nc(N)n1. The Morgan fingerprint density at radius 1 is 1.40 bits per heavy atom. The first-order chi connectivity index (χ1) is 6.90. The molecule has 15 heavy (non-hydrogen) atoms. The van der Waals surface area contributed by atoms with Gasteiger partial charge in [0.2, 0.25) is 5.95 Å². The molecule has 0 bridgehead atoms. The molecular formula is C10H18N4S. The van der Waals surface area contributed by atoms with E-state index < -0.39 is 0 Å². The molecule has 1 rings (SSSR count). The quantitative estimate of drug-likeness (QED) is 0.612. The Balaban J connectivity index is 2.88. The molecule has 0 unspecified atom stereocenters. The van der Waals surface area contributed by atoms with Gasteiger partial charge in [-0.05, 0) is 6.92 Å². The van der Waals surface area contributed by atoms with Crippen LogP contribution in [-0.2, 0) is 0 Å². The van der Waals surface area contributed by atoms with Crippen LogP contribution in [0, 0.1) is 0 Å². The number of anilines is 2. The monoisotopic (exact) mass is 226 g/mol. The van der Waals surface area contributed by atoms with Gasteiger partial charge >= 0.3 is 0 Å². The van der Waals surface area contributed by atoms with Crippen LogP contribution < -0.4 is 11.1 Å². The highest BCUT2D eigenvalue weighted by molar-refractivity contribution is 8.00. The van der Waals surface area contributed by atoms with E-state index in [1.165, 1.54) is 0 Å². The van der Waals surface area contributed by atoms with Gasteiger partial charge < -0.3 is 11.1 Å². The van der Waals surface area contributed by atoms with Crippen LogP contribution in [0.5, 0.6) is 0 Å². The second kappa shape index (κ2) is 4.70. The van der Waals surface area contributed by atoms with Gasteiger partial charge in [-0.1, -0.05) is 20.8 Å². The van der Waals surface area contributed by atoms with Crippen molar-refractivity contribution in [3.63, 3.8) is 0 Å². The van der Waals surface area contributed by atoms with E-state index in [1.807, 2.05) is 13.0 Å². The lowest BCUT2D eigenvalue weighted by Crippen LogP contribution is -2.09. The highest BCUT2D eigenvalue weighted by Gasteiger charge is 2.14. The molecule has 0 saturated heterocycles. The van der Waals surface area contributed by atoms with Crippen molar-refractivity contribution in [2.75, 3.05) is 17.6 Å². The fourth-order valence-electron chi connectivity index (χ4n) is 1.08. The minimum absolute atomic E-state index is 0.129. The Bertz CT molecular complexity index is 333. The van der Waals surface area contributed by atoms with E-state index in [0.29, 0.717) is 5.95 Å². The first-order valence-corrected chi connectivity index (χ1v) is 5.80. The highest BCUT2D eigenvalue weighted by Crippen LogP contribution is 2.31. The molecule has 4 nitrogen and oxygen atoms in total. The van der Waals surface area contributed by atoms with Gasteiger partial charge in [0.15, 0.2) is 0 Å². The van der Waals surface area contributed by atoms with Crippen molar-refractivity contribution in [1.29, 1.82) is 0 Å². The first kappa shape index (κ1) is 12.1. The number of thioether (sulfide) groups is 1. The summed E-state index contributed by atoms with van der Waals surface area (Å²) in [5.74, 6) is 1.11. The van der Waals surface area contributed by atoms with Crippen molar-refractivity contribution in [1.82, 2.24) is 9.97 Å². The summed E-state index contributed by atoms with van der Waals surface area (Å²) in [4.78, 5) is 8.29. The molecule has 0 saturated carbocycles. The molecule has 0 aliphatic heterocycles. The summed E-state index contributed by atoms with van der Waals surface area (Å²) >= 11 is 1.68. The van der Waals surface area contributed by atoms with Crippen molar-refractivity contribution in [3.05, 3.63) is 6.07 Å². The maximum atomic E-state index is 5.63. The zero-order chi connectivity index (χ0) is 11.5. The summed E-state index contributed by atoms with van der Waals surface area (Å²) in [5, 5.41) is 4.04. The van der Waals surface area contributed by atoms with Gasteiger partial charge in [0.05, 0.1) is 0 Å². The molecule has 0 atom stereocenters. The average molecular weight is 226 g/mol. The van der Waals surface area contributed by atoms with E-state index in [-0.39, 0.29) is 4.75 Å². The summed E-state index contributed by atoms with van der Waals surface area (Å²) in [6, 6.07) is 1.93. The van der Waals surface area contributed by atoms with Crippen LogP contribution in [0.15, 0.2) is 11.1 Å². The van der Waals surface area contributed by atoms with E-state index >= 15 is 0 Å². The molecule has 0 spiro atoms. The topological polar surface area (TPSA) is 63.8 Å². The second-order valence-corrected chi connectivity index (χ2v) is 6.04. The number of aromatic nitrogens is 2. The molecule has 1 aromatic rings. The number of nitrogen functional groups attached to an aromatic ring is 1. The number of nitrogens with one attached hydrogen (secondary N) is 1. The smallest absolute Gasteiger partial charge is 0.223 e. The Morgan fingerprint density at radius 3 is 2.60 bits per heavy atom. The third-order valence-corrected chi connectivity index (χ3v) is 2.52. The fraction of sp³-hybridized carbons (Fsp3) is 0.600. The molecule has 0 aliphatic rings. The Morgan fingerprint density at radius 2 is 2.07 bits per heavy atom. The summed E-state index contributed by atoms with van der Waals surface area (Å²) in [6.07, 6.45) is 0. The van der Waals surface area contributed by atoms with Crippen molar-refractivity contribution >= 4 is 23.5 Å². The normalized spacial score (nSPS) is 11.5. The number of nitrogens with zero attached hydrogens (tertiary/aromatic N) is 2. The number of nitrogens with two attached hydrogens (primary N) is 1. The van der Waals surface area contributed by atoms with Gasteiger partial charge in [-0.3, -0.25) is 0 Å². The summed E-state index contributed by atoms with van der Waals surface area (Å²) < 4.78 is 0.129. The van der Waals surface area contributed by atoms with Crippen LogP contribution in [0.25, 0.3) is 0 Å². The van der Waals surface area contributed by atoms with Crippen LogP contribution in [0.1, 0.15) is 27.7 Å². The van der Waals surface area contributed by atoms with Gasteiger partial charge in [-0.2, -0.15) is 4.98 Å². The number of hydrogen-bond acceptors (Lipinski definition) is 5. The Hall–Kier alpha value is -0.970. The third kappa shape index (κ3) is 4.38. The van der Waals surface area contributed by atoms with Crippen molar-refractivity contribution in [2.45, 2.75) is 37.5 Å². The third-order valence-electron chi connectivity index (χ3n) is 1.49. The maximum absolute atomic E-state index is 5.63. The van der Waals surface area contributed by atoms with Crippen LogP contribution in [0.3, 0.4) is 0 Å². The zero-order valence-corrected chi connectivity index (χ0v) is 10.5. The average Bonchev–Trinajstić information content (AvgIpc) is 1.99. The standard InChI is InChI=1S/C10H18N4S/c1-5-12-7-6-8(14-9(11)13-7)15-10(2,3)4/h6H,5H2,1-4H3,(H3,11,12,13,14). The molecular weight excluding hydrogens is 208 g/mol. The van der Waals surface area contributed by atoms with Gasteiger partial charge in [0.1, 0.15) is 10.8 Å². The van der Waals surface area contributed by atoms with Crippen molar-refractivity contribution in [2.24, 2.45) is 0 Å². The minimum Gasteiger partial charge on any atom is -0.370 e. The highest BCUT2D eigenvalue weighted by atomic mass is 32.2. The zero-order valence-electron chi connectivity index (χ0n) is 9.66. The van der Waals surface area contributed by atoms with Gasteiger partial charge in [0, 0.05) is 17.4 Å².